The standard InChI is InChI=1S/C21H22N2O2/c24-21(22-17-13-23-11-9-14(17)10-12-23)20-15-5-1-3-7-18(15)25-19-8-4-2-6-16(19)20/h1-8,14,17,20H,9-13H2,(H,22,24)/t17-/m1/s1. The number of benzene rings is 2. The second-order valence-corrected chi connectivity index (χ2v) is 7.36. The Morgan fingerprint density at radius 2 is 1.56 bits per heavy atom. The van der Waals surface area contributed by atoms with Crippen LogP contribution in [-0.2, 0) is 4.79 Å². The average Bonchev–Trinajstić information content (AvgIpc) is 2.67. The maximum absolute atomic E-state index is 13.3. The van der Waals surface area contributed by atoms with Crippen molar-refractivity contribution in [2.24, 2.45) is 5.92 Å². The van der Waals surface area contributed by atoms with Gasteiger partial charge in [-0.05, 0) is 44.0 Å². The number of para-hydroxylation sites is 2. The molecule has 4 aliphatic rings. The summed E-state index contributed by atoms with van der Waals surface area (Å²) in [5.41, 5.74) is 1.92. The van der Waals surface area contributed by atoms with Crippen LogP contribution in [0.3, 0.4) is 0 Å². The first-order chi connectivity index (χ1) is 12.3. The molecule has 128 valence electrons. The Morgan fingerprint density at radius 1 is 0.960 bits per heavy atom. The highest BCUT2D eigenvalue weighted by Gasteiger charge is 2.38. The maximum Gasteiger partial charge on any atom is 0.232 e. The first-order valence-electron chi connectivity index (χ1n) is 9.18. The Kier molecular flexibility index (Phi) is 3.52. The number of fused-ring (bicyclic) bond motifs is 5. The molecule has 0 aliphatic carbocycles. The van der Waals surface area contributed by atoms with Gasteiger partial charge in [-0.15, -0.1) is 0 Å². The number of nitrogens with zero attached hydrogens (tertiary/aromatic N) is 1. The van der Waals surface area contributed by atoms with Crippen molar-refractivity contribution in [3.63, 3.8) is 0 Å². The molecule has 0 aromatic heterocycles. The highest BCUT2D eigenvalue weighted by molar-refractivity contribution is 5.89. The van der Waals surface area contributed by atoms with Gasteiger partial charge in [-0.3, -0.25) is 4.79 Å². The molecule has 2 aromatic rings. The largest absolute Gasteiger partial charge is 0.457 e. The molecule has 2 aromatic carbocycles. The monoisotopic (exact) mass is 334 g/mol. The molecular formula is C21H22N2O2. The van der Waals surface area contributed by atoms with E-state index in [0.29, 0.717) is 5.92 Å². The van der Waals surface area contributed by atoms with Crippen LogP contribution in [0.15, 0.2) is 48.5 Å². The van der Waals surface area contributed by atoms with Crippen LogP contribution in [0.25, 0.3) is 0 Å². The quantitative estimate of drug-likeness (QED) is 0.917. The highest BCUT2D eigenvalue weighted by Crippen LogP contribution is 2.44. The molecule has 4 aliphatic heterocycles. The zero-order chi connectivity index (χ0) is 16.8. The van der Waals surface area contributed by atoms with Crippen molar-refractivity contribution in [2.75, 3.05) is 19.6 Å². The third-order valence-corrected chi connectivity index (χ3v) is 5.93. The van der Waals surface area contributed by atoms with Crippen LogP contribution in [0.4, 0.5) is 0 Å². The Labute approximate surface area is 147 Å². The van der Waals surface area contributed by atoms with Gasteiger partial charge in [-0.1, -0.05) is 36.4 Å². The first kappa shape index (κ1) is 15.0. The van der Waals surface area contributed by atoms with E-state index >= 15 is 0 Å². The molecule has 6 rings (SSSR count). The third-order valence-electron chi connectivity index (χ3n) is 5.93. The summed E-state index contributed by atoms with van der Waals surface area (Å²) < 4.78 is 6.01. The Bertz CT molecular complexity index is 766. The van der Waals surface area contributed by atoms with Crippen molar-refractivity contribution < 1.29 is 9.53 Å². The van der Waals surface area contributed by atoms with Crippen molar-refractivity contribution >= 4 is 5.91 Å². The first-order valence-corrected chi connectivity index (χ1v) is 9.18. The molecule has 25 heavy (non-hydrogen) atoms. The Balaban J connectivity index is 1.47. The molecule has 0 saturated carbocycles. The van der Waals surface area contributed by atoms with E-state index in [4.69, 9.17) is 4.74 Å². The van der Waals surface area contributed by atoms with Gasteiger partial charge < -0.3 is 15.0 Å². The van der Waals surface area contributed by atoms with Gasteiger partial charge in [-0.25, -0.2) is 0 Å². The molecule has 4 heterocycles. The van der Waals surface area contributed by atoms with Crippen LogP contribution in [0, 0.1) is 5.92 Å². The van der Waals surface area contributed by atoms with Crippen molar-refractivity contribution in [2.45, 2.75) is 24.8 Å². The van der Waals surface area contributed by atoms with Crippen molar-refractivity contribution in [3.8, 4) is 11.5 Å². The van der Waals surface area contributed by atoms with E-state index in [9.17, 15) is 4.79 Å². The zero-order valence-electron chi connectivity index (χ0n) is 14.2. The summed E-state index contributed by atoms with van der Waals surface area (Å²) in [6.07, 6.45) is 2.40. The fraction of sp³-hybridized carbons (Fsp3) is 0.381. The number of rotatable bonds is 2. The molecular weight excluding hydrogens is 312 g/mol. The summed E-state index contributed by atoms with van der Waals surface area (Å²) in [5.74, 6) is 2.00. The van der Waals surface area contributed by atoms with Crippen LogP contribution >= 0.6 is 0 Å². The van der Waals surface area contributed by atoms with Crippen molar-refractivity contribution in [1.82, 2.24) is 10.2 Å². The maximum atomic E-state index is 13.3. The summed E-state index contributed by atoms with van der Waals surface area (Å²) in [6, 6.07) is 16.0. The lowest BCUT2D eigenvalue weighted by molar-refractivity contribution is -0.123. The molecule has 1 atom stereocenters. The highest BCUT2D eigenvalue weighted by atomic mass is 16.5. The van der Waals surface area contributed by atoms with Gasteiger partial charge >= 0.3 is 0 Å². The minimum atomic E-state index is -0.295. The predicted molar refractivity (Wildman–Crippen MR) is 95.9 cm³/mol. The van der Waals surface area contributed by atoms with Gasteiger partial charge in [0.25, 0.3) is 0 Å². The minimum absolute atomic E-state index is 0.0990. The lowest BCUT2D eigenvalue weighted by atomic mass is 9.82. The van der Waals surface area contributed by atoms with Crippen molar-refractivity contribution in [3.05, 3.63) is 59.7 Å². The molecule has 0 unspecified atom stereocenters. The molecule has 2 bridgehead atoms. The molecule has 0 spiro atoms. The summed E-state index contributed by atoms with van der Waals surface area (Å²) in [6.45, 7) is 3.35. The lowest BCUT2D eigenvalue weighted by Crippen LogP contribution is -2.57. The fourth-order valence-electron chi connectivity index (χ4n) is 4.59. The number of hydrogen-bond donors (Lipinski definition) is 1. The summed E-state index contributed by atoms with van der Waals surface area (Å²) in [5, 5.41) is 3.37. The van der Waals surface area contributed by atoms with E-state index in [2.05, 4.69) is 10.2 Å². The number of hydrogen-bond acceptors (Lipinski definition) is 3. The second-order valence-electron chi connectivity index (χ2n) is 7.36. The van der Waals surface area contributed by atoms with Crippen LogP contribution in [0.2, 0.25) is 0 Å². The van der Waals surface area contributed by atoms with Gasteiger partial charge in [0.05, 0.1) is 5.92 Å². The van der Waals surface area contributed by atoms with E-state index in [0.717, 1.165) is 29.2 Å². The van der Waals surface area contributed by atoms with E-state index in [1.54, 1.807) is 0 Å². The Hall–Kier alpha value is -2.33. The molecule has 3 fully saturated rings. The van der Waals surface area contributed by atoms with Gasteiger partial charge in [0.15, 0.2) is 0 Å². The van der Waals surface area contributed by atoms with Crippen LogP contribution in [0.5, 0.6) is 11.5 Å². The third kappa shape index (κ3) is 2.52. The number of piperidine rings is 3. The average molecular weight is 334 g/mol. The number of amides is 1. The van der Waals surface area contributed by atoms with Gasteiger partial charge in [0.1, 0.15) is 11.5 Å². The number of carbonyl (C=O) groups is 1. The van der Waals surface area contributed by atoms with Gasteiger partial charge in [0, 0.05) is 23.7 Å². The van der Waals surface area contributed by atoms with Gasteiger partial charge in [0.2, 0.25) is 5.91 Å². The van der Waals surface area contributed by atoms with Gasteiger partial charge in [-0.2, -0.15) is 0 Å². The topological polar surface area (TPSA) is 41.6 Å². The Morgan fingerprint density at radius 3 is 2.12 bits per heavy atom. The molecule has 3 saturated heterocycles. The van der Waals surface area contributed by atoms with Crippen LogP contribution in [-0.4, -0.2) is 36.5 Å². The summed E-state index contributed by atoms with van der Waals surface area (Å²) >= 11 is 0. The van der Waals surface area contributed by atoms with E-state index in [1.165, 1.54) is 25.9 Å². The molecule has 0 radical (unpaired) electrons. The van der Waals surface area contributed by atoms with Crippen LogP contribution < -0.4 is 10.1 Å². The molecule has 1 amide bonds. The number of ether oxygens (including phenoxy) is 1. The minimum Gasteiger partial charge on any atom is -0.457 e. The smallest absolute Gasteiger partial charge is 0.232 e. The summed E-state index contributed by atoms with van der Waals surface area (Å²) in [7, 11) is 0. The number of nitrogens with one attached hydrogen (secondary N) is 1. The van der Waals surface area contributed by atoms with Crippen molar-refractivity contribution in [1.29, 1.82) is 0 Å². The van der Waals surface area contributed by atoms with E-state index in [1.807, 2.05) is 48.5 Å². The second kappa shape index (κ2) is 5.88. The SMILES string of the molecule is O=C(N[C@@H]1CN2CCC1CC2)C1c2ccccc2Oc2ccccc21. The van der Waals surface area contributed by atoms with E-state index in [-0.39, 0.29) is 17.9 Å². The van der Waals surface area contributed by atoms with E-state index < -0.39 is 0 Å². The predicted octanol–water partition coefficient (Wildman–Crippen LogP) is 3.13. The summed E-state index contributed by atoms with van der Waals surface area (Å²) in [4.78, 5) is 15.8. The normalized spacial score (nSPS) is 27.1. The van der Waals surface area contributed by atoms with Crippen LogP contribution in [0.1, 0.15) is 29.9 Å². The molecule has 4 nitrogen and oxygen atoms in total. The fourth-order valence-corrected chi connectivity index (χ4v) is 4.59. The molecule has 1 N–H and O–H groups in total. The number of carbonyl (C=O) groups excluding carboxylic acids is 1. The molecule has 4 heteroatoms. The lowest BCUT2D eigenvalue weighted by Gasteiger charge is -2.45. The zero-order valence-corrected chi connectivity index (χ0v) is 14.2.